The number of hydrogen-bond donors (Lipinski definition) is 2. The van der Waals surface area contributed by atoms with Gasteiger partial charge in [-0.2, -0.15) is 9.50 Å². The molecule has 0 spiro atoms. The minimum Gasteiger partial charge on any atom is -0.298 e. The second kappa shape index (κ2) is 6.26. The van der Waals surface area contributed by atoms with Gasteiger partial charge in [0.05, 0.1) is 5.69 Å². The number of carbonyl (C=O) groups excluding carboxylic acids is 1. The van der Waals surface area contributed by atoms with E-state index in [9.17, 15) is 9.59 Å². The van der Waals surface area contributed by atoms with Crippen LogP contribution >= 0.6 is 11.3 Å². The first-order valence-electron chi connectivity index (χ1n) is 8.96. The molecular formula is C18H22N6O2S. The number of rotatable bonds is 2. The Labute approximate surface area is 160 Å². The van der Waals surface area contributed by atoms with Crippen molar-refractivity contribution in [2.24, 2.45) is 11.3 Å². The Kier molecular flexibility index (Phi) is 4.14. The van der Waals surface area contributed by atoms with Gasteiger partial charge in [0.2, 0.25) is 0 Å². The standard InChI is InChI=1S/C18H22N6O2S/c1-9-20-16-19-8-11(15(26)24(16)23-9)14(25)22-17-21-12-6-5-10(18(2,3)4)7-13(12)27-17/h8,10H,5-7H2,1-4H3,(H,19,20,23)(H,21,22,25)/t10-/m0/s1. The van der Waals surface area contributed by atoms with E-state index in [1.54, 1.807) is 6.92 Å². The van der Waals surface area contributed by atoms with E-state index in [2.05, 4.69) is 46.1 Å². The minimum absolute atomic E-state index is 0.0445. The molecule has 1 aliphatic carbocycles. The number of nitrogens with zero attached hydrogens (tertiary/aromatic N) is 4. The molecule has 0 aromatic carbocycles. The summed E-state index contributed by atoms with van der Waals surface area (Å²) in [7, 11) is 0. The smallest absolute Gasteiger partial charge is 0.286 e. The Hall–Kier alpha value is -2.55. The Balaban J connectivity index is 1.57. The molecule has 1 atom stereocenters. The number of amides is 1. The van der Waals surface area contributed by atoms with Gasteiger partial charge in [-0.25, -0.2) is 9.97 Å². The van der Waals surface area contributed by atoms with E-state index in [4.69, 9.17) is 0 Å². The summed E-state index contributed by atoms with van der Waals surface area (Å²) in [6.45, 7) is 8.51. The van der Waals surface area contributed by atoms with Crippen LogP contribution in [0.3, 0.4) is 0 Å². The summed E-state index contributed by atoms with van der Waals surface area (Å²) in [5.74, 6) is 0.895. The van der Waals surface area contributed by atoms with E-state index >= 15 is 0 Å². The number of hydrogen-bond acceptors (Lipinski definition) is 6. The average Bonchev–Trinajstić information content (AvgIpc) is 3.15. The van der Waals surface area contributed by atoms with Crippen LogP contribution in [0.2, 0.25) is 0 Å². The van der Waals surface area contributed by atoms with Crippen molar-refractivity contribution in [3.05, 3.63) is 38.5 Å². The van der Waals surface area contributed by atoms with E-state index in [1.807, 2.05) is 0 Å². The van der Waals surface area contributed by atoms with Gasteiger partial charge in [0, 0.05) is 11.1 Å². The lowest BCUT2D eigenvalue weighted by molar-refractivity contribution is 0.102. The first-order chi connectivity index (χ1) is 12.7. The second-order valence-corrected chi connectivity index (χ2v) is 9.15. The molecule has 142 valence electrons. The van der Waals surface area contributed by atoms with E-state index < -0.39 is 11.5 Å². The highest BCUT2D eigenvalue weighted by atomic mass is 32.1. The number of fused-ring (bicyclic) bond motifs is 2. The summed E-state index contributed by atoms with van der Waals surface area (Å²) in [4.78, 5) is 39.0. The van der Waals surface area contributed by atoms with Gasteiger partial charge in [-0.3, -0.25) is 20.0 Å². The summed E-state index contributed by atoms with van der Waals surface area (Å²) in [6.07, 6.45) is 4.27. The molecule has 0 bridgehead atoms. The molecule has 0 aliphatic heterocycles. The number of H-pyrrole nitrogens is 1. The monoisotopic (exact) mass is 386 g/mol. The molecule has 0 saturated heterocycles. The van der Waals surface area contributed by atoms with Crippen molar-refractivity contribution >= 4 is 28.2 Å². The summed E-state index contributed by atoms with van der Waals surface area (Å²) in [5, 5.41) is 6.08. The predicted molar refractivity (Wildman–Crippen MR) is 103 cm³/mol. The van der Waals surface area contributed by atoms with Crippen LogP contribution in [0, 0.1) is 18.3 Å². The fourth-order valence-corrected chi connectivity index (χ4v) is 4.53. The van der Waals surface area contributed by atoms with Gasteiger partial charge >= 0.3 is 0 Å². The number of nitrogens with one attached hydrogen (secondary N) is 2. The van der Waals surface area contributed by atoms with Crippen LogP contribution in [0.25, 0.3) is 5.78 Å². The van der Waals surface area contributed by atoms with Crippen LogP contribution in [0.15, 0.2) is 11.0 Å². The van der Waals surface area contributed by atoms with Crippen LogP contribution in [0.1, 0.15) is 53.9 Å². The molecule has 27 heavy (non-hydrogen) atoms. The fraction of sp³-hybridized carbons (Fsp3) is 0.500. The van der Waals surface area contributed by atoms with E-state index in [-0.39, 0.29) is 16.8 Å². The van der Waals surface area contributed by atoms with Gasteiger partial charge in [0.15, 0.2) is 5.13 Å². The molecule has 8 nitrogen and oxygen atoms in total. The minimum atomic E-state index is -0.507. The largest absolute Gasteiger partial charge is 0.298 e. The Bertz CT molecular complexity index is 1090. The van der Waals surface area contributed by atoms with Gasteiger partial charge in [-0.1, -0.05) is 20.8 Å². The third kappa shape index (κ3) is 3.27. The zero-order valence-corrected chi connectivity index (χ0v) is 16.6. The van der Waals surface area contributed by atoms with Crippen LogP contribution in [-0.2, 0) is 12.8 Å². The molecule has 9 heteroatoms. The van der Waals surface area contributed by atoms with Gasteiger partial charge in [0.25, 0.3) is 17.2 Å². The number of aryl methyl sites for hydroxylation is 2. The zero-order valence-electron chi connectivity index (χ0n) is 15.8. The fourth-order valence-electron chi connectivity index (χ4n) is 3.45. The number of carbonyl (C=O) groups is 1. The highest BCUT2D eigenvalue weighted by Gasteiger charge is 2.31. The van der Waals surface area contributed by atoms with E-state index in [1.165, 1.54) is 26.9 Å². The molecule has 3 aromatic rings. The Morgan fingerprint density at radius 3 is 2.89 bits per heavy atom. The number of anilines is 1. The molecular weight excluding hydrogens is 364 g/mol. The summed E-state index contributed by atoms with van der Waals surface area (Å²) < 4.78 is 1.17. The lowest BCUT2D eigenvalue weighted by Gasteiger charge is -2.33. The van der Waals surface area contributed by atoms with Crippen molar-refractivity contribution in [2.45, 2.75) is 47.0 Å². The number of aromatic amines is 1. The third-order valence-electron chi connectivity index (χ3n) is 5.11. The van der Waals surface area contributed by atoms with Crippen molar-refractivity contribution in [2.75, 3.05) is 5.32 Å². The summed E-state index contributed by atoms with van der Waals surface area (Å²) >= 11 is 1.50. The highest BCUT2D eigenvalue weighted by Crippen LogP contribution is 2.40. The average molecular weight is 386 g/mol. The van der Waals surface area contributed by atoms with Crippen molar-refractivity contribution < 1.29 is 4.79 Å². The first kappa shape index (κ1) is 17.8. The molecule has 0 unspecified atom stereocenters. The van der Waals surface area contributed by atoms with Crippen molar-refractivity contribution in [3.63, 3.8) is 0 Å². The molecule has 1 amide bonds. The molecule has 2 N–H and O–H groups in total. The maximum Gasteiger partial charge on any atom is 0.286 e. The van der Waals surface area contributed by atoms with E-state index in [0.29, 0.717) is 16.9 Å². The maximum atomic E-state index is 12.6. The summed E-state index contributed by atoms with van der Waals surface area (Å²) in [5.41, 5.74) is 0.790. The van der Waals surface area contributed by atoms with Gasteiger partial charge in [-0.15, -0.1) is 11.3 Å². The topological polar surface area (TPSA) is 105 Å². The Morgan fingerprint density at radius 1 is 1.37 bits per heavy atom. The van der Waals surface area contributed by atoms with Crippen LogP contribution in [0.5, 0.6) is 0 Å². The third-order valence-corrected chi connectivity index (χ3v) is 6.15. The second-order valence-electron chi connectivity index (χ2n) is 8.07. The lowest BCUT2D eigenvalue weighted by atomic mass is 9.73. The molecule has 1 aliphatic rings. The van der Waals surface area contributed by atoms with Gasteiger partial charge in [-0.05, 0) is 37.5 Å². The molecule has 4 rings (SSSR count). The number of aromatic nitrogens is 5. The number of thiazole rings is 1. The van der Waals surface area contributed by atoms with Crippen LogP contribution in [0.4, 0.5) is 5.13 Å². The normalized spacial score (nSPS) is 17.1. The molecule has 3 aromatic heterocycles. The molecule has 0 fully saturated rings. The van der Waals surface area contributed by atoms with E-state index in [0.717, 1.165) is 25.0 Å². The Morgan fingerprint density at radius 2 is 2.15 bits per heavy atom. The van der Waals surface area contributed by atoms with Crippen LogP contribution < -0.4 is 10.9 Å². The predicted octanol–water partition coefficient (Wildman–Crippen LogP) is 2.59. The highest BCUT2D eigenvalue weighted by molar-refractivity contribution is 7.15. The maximum absolute atomic E-state index is 12.6. The quantitative estimate of drug-likeness (QED) is 0.704. The SMILES string of the molecule is Cc1nc2ncc(C(=O)Nc3nc4c(s3)C[C@@H](C(C)(C)C)CC4)c(=O)n2[nH]1. The molecule has 0 radical (unpaired) electrons. The molecule has 0 saturated carbocycles. The van der Waals surface area contributed by atoms with Crippen molar-refractivity contribution in [1.82, 2.24) is 24.6 Å². The van der Waals surface area contributed by atoms with Crippen molar-refractivity contribution in [1.29, 1.82) is 0 Å². The first-order valence-corrected chi connectivity index (χ1v) is 9.78. The van der Waals surface area contributed by atoms with Gasteiger partial charge < -0.3 is 0 Å². The van der Waals surface area contributed by atoms with Crippen molar-refractivity contribution in [3.8, 4) is 0 Å². The van der Waals surface area contributed by atoms with Gasteiger partial charge in [0.1, 0.15) is 11.4 Å². The lowest BCUT2D eigenvalue weighted by Crippen LogP contribution is -2.27. The zero-order chi connectivity index (χ0) is 19.3. The van der Waals surface area contributed by atoms with Crippen LogP contribution in [-0.4, -0.2) is 30.5 Å². The molecule has 3 heterocycles. The summed E-state index contributed by atoms with van der Waals surface area (Å²) in [6, 6.07) is 0.